The molecular weight excluding hydrogens is 270 g/mol. The molecule has 1 aromatic heterocycles. The van der Waals surface area contributed by atoms with Gasteiger partial charge < -0.3 is 10.4 Å². The lowest BCUT2D eigenvalue weighted by Crippen LogP contribution is -2.07. The predicted molar refractivity (Wildman–Crippen MR) is 84.0 cm³/mol. The highest BCUT2D eigenvalue weighted by molar-refractivity contribution is 7.12. The Labute approximate surface area is 122 Å². The first-order valence-corrected chi connectivity index (χ1v) is 7.24. The number of hydrogen-bond acceptors (Lipinski definition) is 3. The van der Waals surface area contributed by atoms with Crippen molar-refractivity contribution in [3.05, 3.63) is 57.8 Å². The van der Waals surface area contributed by atoms with Crippen molar-refractivity contribution in [1.82, 2.24) is 0 Å². The van der Waals surface area contributed by atoms with Crippen LogP contribution in [0.2, 0.25) is 0 Å². The Bertz CT molecular complexity index is 599. The summed E-state index contributed by atoms with van der Waals surface area (Å²) in [7, 11) is 0. The van der Waals surface area contributed by atoms with Crippen LogP contribution >= 0.6 is 11.3 Å². The number of thiophene rings is 1. The van der Waals surface area contributed by atoms with Crippen molar-refractivity contribution in [3.63, 3.8) is 0 Å². The molecule has 1 aromatic carbocycles. The largest absolute Gasteiger partial charge is 0.396 e. The molecule has 0 aliphatic carbocycles. The Morgan fingerprint density at radius 3 is 2.60 bits per heavy atom. The molecule has 2 N–H and O–H groups in total. The molecule has 0 fully saturated rings. The summed E-state index contributed by atoms with van der Waals surface area (Å²) < 4.78 is 0. The topological polar surface area (TPSA) is 49.3 Å². The van der Waals surface area contributed by atoms with Crippen LogP contribution in [0.3, 0.4) is 0 Å². The van der Waals surface area contributed by atoms with Crippen molar-refractivity contribution in [1.29, 1.82) is 0 Å². The van der Waals surface area contributed by atoms with E-state index in [1.807, 2.05) is 49.4 Å². The van der Waals surface area contributed by atoms with Gasteiger partial charge in [-0.2, -0.15) is 0 Å². The molecule has 0 saturated carbocycles. The molecule has 0 atom stereocenters. The molecule has 104 valence electrons. The average molecular weight is 287 g/mol. The van der Waals surface area contributed by atoms with Gasteiger partial charge in [-0.05, 0) is 49.2 Å². The highest BCUT2D eigenvalue weighted by Gasteiger charge is 1.99. The second-order valence-corrected chi connectivity index (χ2v) is 5.76. The van der Waals surface area contributed by atoms with Gasteiger partial charge in [-0.1, -0.05) is 12.1 Å². The minimum Gasteiger partial charge on any atom is -0.396 e. The maximum Gasteiger partial charge on any atom is 0.248 e. The molecule has 4 heteroatoms. The molecule has 2 aromatic rings. The molecule has 0 spiro atoms. The maximum absolute atomic E-state index is 11.8. The van der Waals surface area contributed by atoms with Gasteiger partial charge in [0.2, 0.25) is 5.91 Å². The minimum atomic E-state index is -0.147. The van der Waals surface area contributed by atoms with E-state index in [9.17, 15) is 4.79 Å². The van der Waals surface area contributed by atoms with E-state index >= 15 is 0 Å². The zero-order valence-electron chi connectivity index (χ0n) is 11.3. The fourth-order valence-electron chi connectivity index (χ4n) is 1.77. The zero-order chi connectivity index (χ0) is 14.4. The van der Waals surface area contributed by atoms with Gasteiger partial charge in [0.25, 0.3) is 0 Å². The summed E-state index contributed by atoms with van der Waals surface area (Å²) in [6.45, 7) is 2.17. The van der Waals surface area contributed by atoms with E-state index < -0.39 is 0 Å². The lowest BCUT2D eigenvalue weighted by Gasteiger charge is -2.03. The monoisotopic (exact) mass is 287 g/mol. The number of nitrogens with one attached hydrogen (secondary N) is 1. The van der Waals surface area contributed by atoms with Gasteiger partial charge in [0.1, 0.15) is 0 Å². The Balaban J connectivity index is 1.92. The minimum absolute atomic E-state index is 0.134. The number of carbonyl (C=O) groups is 1. The first-order chi connectivity index (χ1) is 9.67. The van der Waals surface area contributed by atoms with Crippen LogP contribution in [0, 0.1) is 6.92 Å². The number of aliphatic hydroxyl groups is 1. The molecule has 0 saturated heterocycles. The van der Waals surface area contributed by atoms with Crippen LogP contribution < -0.4 is 5.32 Å². The smallest absolute Gasteiger partial charge is 0.248 e. The second-order valence-electron chi connectivity index (χ2n) is 4.44. The summed E-state index contributed by atoms with van der Waals surface area (Å²) in [5.74, 6) is -0.147. The van der Waals surface area contributed by atoms with Gasteiger partial charge in [0, 0.05) is 28.1 Å². The van der Waals surface area contributed by atoms with E-state index in [0.29, 0.717) is 6.42 Å². The molecule has 2 rings (SSSR count). The van der Waals surface area contributed by atoms with Gasteiger partial charge in [-0.3, -0.25) is 4.79 Å². The number of aryl methyl sites for hydroxylation is 1. The third kappa shape index (κ3) is 4.33. The van der Waals surface area contributed by atoms with E-state index in [1.165, 1.54) is 11.0 Å². The van der Waals surface area contributed by atoms with E-state index in [0.717, 1.165) is 16.1 Å². The standard InChI is InChI=1S/C16H17NO2S/c1-12-2-7-15(20-12)8-9-16(19)17-14-5-3-13(4-6-14)10-11-18/h2-9,18H,10-11H2,1H3,(H,17,19)/b9-8+. The van der Waals surface area contributed by atoms with Gasteiger partial charge >= 0.3 is 0 Å². The van der Waals surface area contributed by atoms with Crippen molar-refractivity contribution in [2.45, 2.75) is 13.3 Å². The molecule has 0 bridgehead atoms. The van der Waals surface area contributed by atoms with Crippen LogP contribution in [0.15, 0.2) is 42.5 Å². The van der Waals surface area contributed by atoms with Crippen molar-refractivity contribution in [2.24, 2.45) is 0 Å². The molecule has 0 aliphatic rings. The maximum atomic E-state index is 11.8. The van der Waals surface area contributed by atoms with Crippen molar-refractivity contribution >= 4 is 29.0 Å². The molecule has 3 nitrogen and oxygen atoms in total. The number of amides is 1. The highest BCUT2D eigenvalue weighted by Crippen LogP contribution is 2.16. The number of carbonyl (C=O) groups excluding carboxylic acids is 1. The van der Waals surface area contributed by atoms with Gasteiger partial charge in [0.15, 0.2) is 0 Å². The summed E-state index contributed by atoms with van der Waals surface area (Å²) in [6.07, 6.45) is 3.98. The zero-order valence-corrected chi connectivity index (χ0v) is 12.1. The Morgan fingerprint density at radius 2 is 2.00 bits per heavy atom. The molecule has 20 heavy (non-hydrogen) atoms. The fourth-order valence-corrected chi connectivity index (χ4v) is 2.55. The van der Waals surface area contributed by atoms with Crippen LogP contribution in [0.25, 0.3) is 6.08 Å². The van der Waals surface area contributed by atoms with Crippen molar-refractivity contribution < 1.29 is 9.90 Å². The van der Waals surface area contributed by atoms with E-state index in [2.05, 4.69) is 5.32 Å². The third-order valence-corrected chi connectivity index (χ3v) is 3.75. The van der Waals surface area contributed by atoms with Gasteiger partial charge in [-0.25, -0.2) is 0 Å². The number of benzene rings is 1. The normalized spacial score (nSPS) is 10.9. The van der Waals surface area contributed by atoms with Gasteiger partial charge in [-0.15, -0.1) is 11.3 Å². The number of anilines is 1. The van der Waals surface area contributed by atoms with Crippen LogP contribution in [0.5, 0.6) is 0 Å². The first kappa shape index (κ1) is 14.5. The van der Waals surface area contributed by atoms with Crippen LogP contribution in [0.4, 0.5) is 5.69 Å². The van der Waals surface area contributed by atoms with Crippen molar-refractivity contribution in [3.8, 4) is 0 Å². The van der Waals surface area contributed by atoms with Crippen molar-refractivity contribution in [2.75, 3.05) is 11.9 Å². The fraction of sp³-hybridized carbons (Fsp3) is 0.188. The number of aliphatic hydroxyl groups excluding tert-OH is 1. The lowest BCUT2D eigenvalue weighted by molar-refractivity contribution is -0.111. The van der Waals surface area contributed by atoms with E-state index in [-0.39, 0.29) is 12.5 Å². The highest BCUT2D eigenvalue weighted by atomic mass is 32.1. The summed E-state index contributed by atoms with van der Waals surface area (Å²) in [4.78, 5) is 14.1. The molecule has 0 radical (unpaired) electrons. The van der Waals surface area contributed by atoms with Crippen LogP contribution in [0.1, 0.15) is 15.3 Å². The molecular formula is C16H17NO2S. The Kier molecular flexibility index (Phi) is 5.09. The van der Waals surface area contributed by atoms with E-state index in [1.54, 1.807) is 11.3 Å². The third-order valence-electron chi connectivity index (χ3n) is 2.78. The Hall–Kier alpha value is -1.91. The number of hydrogen-bond donors (Lipinski definition) is 2. The quantitative estimate of drug-likeness (QED) is 0.829. The molecule has 1 heterocycles. The Morgan fingerprint density at radius 1 is 1.25 bits per heavy atom. The average Bonchev–Trinajstić information content (AvgIpc) is 2.85. The predicted octanol–water partition coefficient (Wildman–Crippen LogP) is 3.24. The van der Waals surface area contributed by atoms with Crippen LogP contribution in [-0.2, 0) is 11.2 Å². The summed E-state index contributed by atoms with van der Waals surface area (Å²) in [5, 5.41) is 11.6. The summed E-state index contributed by atoms with van der Waals surface area (Å²) in [6, 6.07) is 11.5. The number of rotatable bonds is 5. The second kappa shape index (κ2) is 7.03. The summed E-state index contributed by atoms with van der Waals surface area (Å²) >= 11 is 1.65. The lowest BCUT2D eigenvalue weighted by atomic mass is 10.1. The first-order valence-electron chi connectivity index (χ1n) is 6.42. The van der Waals surface area contributed by atoms with Crippen LogP contribution in [-0.4, -0.2) is 17.6 Å². The summed E-state index contributed by atoms with van der Waals surface area (Å²) in [5.41, 5.74) is 1.80. The SMILES string of the molecule is Cc1ccc(/C=C/C(=O)Nc2ccc(CCO)cc2)s1. The molecule has 1 amide bonds. The molecule has 0 unspecified atom stereocenters. The van der Waals surface area contributed by atoms with Gasteiger partial charge in [0.05, 0.1) is 0 Å². The van der Waals surface area contributed by atoms with E-state index in [4.69, 9.17) is 5.11 Å². The molecule has 0 aliphatic heterocycles.